The molecule has 2 rings (SSSR count). The minimum atomic E-state index is 0.666. The molecule has 5 heteroatoms. The molecule has 0 saturated carbocycles. The summed E-state index contributed by atoms with van der Waals surface area (Å²) in [7, 11) is 0. The molecule has 0 aromatic carbocycles. The first-order valence-electron chi connectivity index (χ1n) is 7.57. The molecule has 0 radical (unpaired) electrons. The highest BCUT2D eigenvalue weighted by molar-refractivity contribution is 8.00. The number of aromatic nitrogens is 2. The SMILES string of the molecule is CCC1CN(c2cnc(CNCC(C)C)cn2)CCS1. The first kappa shape index (κ1) is 15.6. The van der Waals surface area contributed by atoms with Crippen molar-refractivity contribution in [3.05, 3.63) is 18.1 Å². The Labute approximate surface area is 126 Å². The molecule has 2 heterocycles. The van der Waals surface area contributed by atoms with Gasteiger partial charge in [-0.2, -0.15) is 11.8 Å². The fourth-order valence-electron chi connectivity index (χ4n) is 2.27. The first-order chi connectivity index (χ1) is 9.69. The average Bonchev–Trinajstić information content (AvgIpc) is 2.48. The lowest BCUT2D eigenvalue weighted by atomic mass is 10.2. The normalized spacial score (nSPS) is 19.6. The van der Waals surface area contributed by atoms with E-state index in [1.165, 1.54) is 12.2 Å². The van der Waals surface area contributed by atoms with Gasteiger partial charge in [-0.15, -0.1) is 0 Å². The van der Waals surface area contributed by atoms with E-state index in [4.69, 9.17) is 0 Å². The van der Waals surface area contributed by atoms with Gasteiger partial charge in [-0.05, 0) is 18.9 Å². The summed E-state index contributed by atoms with van der Waals surface area (Å²) in [5.74, 6) is 2.88. The Morgan fingerprint density at radius 2 is 2.25 bits per heavy atom. The van der Waals surface area contributed by atoms with E-state index in [0.717, 1.165) is 42.9 Å². The Balaban J connectivity index is 1.87. The van der Waals surface area contributed by atoms with Gasteiger partial charge in [0.15, 0.2) is 0 Å². The zero-order valence-corrected chi connectivity index (χ0v) is 13.6. The molecule has 112 valence electrons. The molecule has 1 aromatic heterocycles. The lowest BCUT2D eigenvalue weighted by Crippen LogP contribution is -2.38. The summed E-state index contributed by atoms with van der Waals surface area (Å²) in [6.45, 7) is 10.7. The van der Waals surface area contributed by atoms with Crippen molar-refractivity contribution in [2.24, 2.45) is 5.92 Å². The summed E-state index contributed by atoms with van der Waals surface area (Å²) in [6.07, 6.45) is 5.06. The molecule has 0 spiro atoms. The zero-order valence-electron chi connectivity index (χ0n) is 12.8. The van der Waals surface area contributed by atoms with E-state index in [-0.39, 0.29) is 0 Å². The smallest absolute Gasteiger partial charge is 0.147 e. The third kappa shape index (κ3) is 4.63. The van der Waals surface area contributed by atoms with Gasteiger partial charge in [0.2, 0.25) is 0 Å². The molecule has 0 amide bonds. The van der Waals surface area contributed by atoms with Crippen LogP contribution in [0.15, 0.2) is 12.4 Å². The number of nitrogens with zero attached hydrogens (tertiary/aromatic N) is 3. The highest BCUT2D eigenvalue weighted by Gasteiger charge is 2.20. The monoisotopic (exact) mass is 294 g/mol. The maximum absolute atomic E-state index is 4.58. The van der Waals surface area contributed by atoms with Crippen LogP contribution >= 0.6 is 11.8 Å². The van der Waals surface area contributed by atoms with Crippen molar-refractivity contribution in [2.75, 3.05) is 30.3 Å². The van der Waals surface area contributed by atoms with Crippen molar-refractivity contribution in [2.45, 2.75) is 39.0 Å². The van der Waals surface area contributed by atoms with Gasteiger partial charge in [0.1, 0.15) is 5.82 Å². The average molecular weight is 294 g/mol. The molecule has 1 fully saturated rings. The molecule has 1 saturated heterocycles. The summed E-state index contributed by atoms with van der Waals surface area (Å²) < 4.78 is 0. The molecule has 1 aliphatic rings. The molecule has 0 bridgehead atoms. The predicted molar refractivity (Wildman–Crippen MR) is 87.3 cm³/mol. The Morgan fingerprint density at radius 1 is 1.40 bits per heavy atom. The fourth-order valence-corrected chi connectivity index (χ4v) is 3.45. The van der Waals surface area contributed by atoms with Crippen LogP contribution in [-0.2, 0) is 6.54 Å². The number of thioether (sulfide) groups is 1. The highest BCUT2D eigenvalue weighted by Crippen LogP contribution is 2.24. The standard InChI is InChI=1S/C15H26N4S/c1-4-14-11-19(5-6-20-14)15-10-17-13(9-18-15)8-16-7-12(2)3/h9-10,12,14,16H,4-8,11H2,1-3H3. The number of rotatable bonds is 6. The lowest BCUT2D eigenvalue weighted by Gasteiger charge is -2.32. The van der Waals surface area contributed by atoms with Crippen molar-refractivity contribution in [3.63, 3.8) is 0 Å². The molecule has 0 aliphatic carbocycles. The van der Waals surface area contributed by atoms with E-state index in [1.54, 1.807) is 0 Å². The van der Waals surface area contributed by atoms with Gasteiger partial charge in [-0.1, -0.05) is 20.8 Å². The molecule has 20 heavy (non-hydrogen) atoms. The Morgan fingerprint density at radius 3 is 2.90 bits per heavy atom. The van der Waals surface area contributed by atoms with E-state index in [1.807, 2.05) is 12.4 Å². The van der Waals surface area contributed by atoms with Gasteiger partial charge in [-0.3, -0.25) is 4.98 Å². The van der Waals surface area contributed by atoms with Gasteiger partial charge in [0.25, 0.3) is 0 Å². The number of nitrogens with one attached hydrogen (secondary N) is 1. The van der Waals surface area contributed by atoms with Crippen LogP contribution in [0.25, 0.3) is 0 Å². The minimum absolute atomic E-state index is 0.666. The van der Waals surface area contributed by atoms with Crippen molar-refractivity contribution in [1.82, 2.24) is 15.3 Å². The molecule has 1 atom stereocenters. The maximum Gasteiger partial charge on any atom is 0.147 e. The van der Waals surface area contributed by atoms with Crippen molar-refractivity contribution in [3.8, 4) is 0 Å². The minimum Gasteiger partial charge on any atom is -0.353 e. The van der Waals surface area contributed by atoms with E-state index in [2.05, 4.69) is 52.7 Å². The summed E-state index contributed by atoms with van der Waals surface area (Å²) in [5.41, 5.74) is 1.02. The van der Waals surface area contributed by atoms with E-state index < -0.39 is 0 Å². The Kier molecular flexibility index (Phi) is 6.10. The van der Waals surface area contributed by atoms with Crippen LogP contribution in [-0.4, -0.2) is 40.6 Å². The quantitative estimate of drug-likeness (QED) is 0.873. The number of anilines is 1. The Hall–Kier alpha value is -0.810. The molecule has 1 aliphatic heterocycles. The predicted octanol–water partition coefficient (Wildman–Crippen LogP) is 2.55. The maximum atomic E-state index is 4.58. The summed E-state index contributed by atoms with van der Waals surface area (Å²) in [6, 6.07) is 0. The Bertz CT molecular complexity index is 393. The molecular weight excluding hydrogens is 268 g/mol. The van der Waals surface area contributed by atoms with Crippen LogP contribution in [0.2, 0.25) is 0 Å². The largest absolute Gasteiger partial charge is 0.353 e. The number of hydrogen-bond donors (Lipinski definition) is 1. The molecular formula is C15H26N4S. The van der Waals surface area contributed by atoms with Crippen molar-refractivity contribution < 1.29 is 0 Å². The van der Waals surface area contributed by atoms with Gasteiger partial charge in [-0.25, -0.2) is 4.98 Å². The molecule has 1 N–H and O–H groups in total. The zero-order chi connectivity index (χ0) is 14.4. The van der Waals surface area contributed by atoms with Gasteiger partial charge in [0, 0.05) is 30.6 Å². The highest BCUT2D eigenvalue weighted by atomic mass is 32.2. The van der Waals surface area contributed by atoms with Crippen molar-refractivity contribution in [1.29, 1.82) is 0 Å². The summed E-state index contributed by atoms with van der Waals surface area (Å²) in [4.78, 5) is 11.5. The fraction of sp³-hybridized carbons (Fsp3) is 0.733. The first-order valence-corrected chi connectivity index (χ1v) is 8.62. The van der Waals surface area contributed by atoms with Gasteiger partial charge < -0.3 is 10.2 Å². The number of hydrogen-bond acceptors (Lipinski definition) is 5. The van der Waals surface area contributed by atoms with Crippen molar-refractivity contribution >= 4 is 17.6 Å². The van der Waals surface area contributed by atoms with E-state index >= 15 is 0 Å². The van der Waals surface area contributed by atoms with Crippen LogP contribution in [0.1, 0.15) is 32.9 Å². The topological polar surface area (TPSA) is 41.1 Å². The second-order valence-corrected chi connectivity index (χ2v) is 7.15. The van der Waals surface area contributed by atoms with Crippen LogP contribution in [0.4, 0.5) is 5.82 Å². The third-order valence-corrected chi connectivity index (χ3v) is 4.84. The molecule has 1 unspecified atom stereocenters. The lowest BCUT2D eigenvalue weighted by molar-refractivity contribution is 0.547. The second-order valence-electron chi connectivity index (χ2n) is 5.74. The second kappa shape index (κ2) is 7.84. The van der Waals surface area contributed by atoms with Gasteiger partial charge >= 0.3 is 0 Å². The van der Waals surface area contributed by atoms with Crippen LogP contribution < -0.4 is 10.2 Å². The summed E-state index contributed by atoms with van der Waals surface area (Å²) in [5, 5.41) is 4.13. The molecule has 1 aromatic rings. The van der Waals surface area contributed by atoms with Gasteiger partial charge in [0.05, 0.1) is 18.1 Å². The van der Waals surface area contributed by atoms with Crippen LogP contribution in [0.3, 0.4) is 0 Å². The third-order valence-electron chi connectivity index (χ3n) is 3.47. The van der Waals surface area contributed by atoms with E-state index in [0.29, 0.717) is 5.92 Å². The van der Waals surface area contributed by atoms with Crippen LogP contribution in [0, 0.1) is 5.92 Å². The molecule has 4 nitrogen and oxygen atoms in total. The van der Waals surface area contributed by atoms with Crippen LogP contribution in [0.5, 0.6) is 0 Å². The summed E-state index contributed by atoms with van der Waals surface area (Å²) >= 11 is 2.08. The van der Waals surface area contributed by atoms with E-state index in [9.17, 15) is 0 Å².